The lowest BCUT2D eigenvalue weighted by Gasteiger charge is -2.09. The molecule has 0 saturated carbocycles. The third kappa shape index (κ3) is 6.22. The Morgan fingerprint density at radius 1 is 0.852 bits per heavy atom. The number of ether oxygens (including phenoxy) is 4. The molecular formula is C20H23NO6. The molecule has 0 atom stereocenters. The van der Waals surface area contributed by atoms with Crippen molar-refractivity contribution in [3.8, 4) is 17.2 Å². The van der Waals surface area contributed by atoms with Gasteiger partial charge in [-0.05, 0) is 29.8 Å². The van der Waals surface area contributed by atoms with Gasteiger partial charge in [-0.3, -0.25) is 9.59 Å². The minimum Gasteiger partial charge on any atom is -0.497 e. The molecule has 0 fully saturated rings. The molecule has 0 aromatic heterocycles. The summed E-state index contributed by atoms with van der Waals surface area (Å²) in [6, 6.07) is 12.3. The second kappa shape index (κ2) is 10.1. The molecule has 0 bridgehead atoms. The van der Waals surface area contributed by atoms with Gasteiger partial charge in [0, 0.05) is 18.1 Å². The lowest BCUT2D eigenvalue weighted by Crippen LogP contribution is -2.31. The molecule has 144 valence electrons. The van der Waals surface area contributed by atoms with Gasteiger partial charge in [-0.25, -0.2) is 0 Å². The molecule has 0 heterocycles. The molecule has 7 heteroatoms. The van der Waals surface area contributed by atoms with Gasteiger partial charge in [-0.1, -0.05) is 12.1 Å². The van der Waals surface area contributed by atoms with Gasteiger partial charge < -0.3 is 24.3 Å². The Morgan fingerprint density at radius 2 is 1.44 bits per heavy atom. The maximum absolute atomic E-state index is 12.2. The molecule has 2 rings (SSSR count). The predicted molar refractivity (Wildman–Crippen MR) is 99.5 cm³/mol. The first-order valence-corrected chi connectivity index (χ1v) is 8.35. The van der Waals surface area contributed by atoms with Crippen molar-refractivity contribution in [3.05, 3.63) is 53.6 Å². The number of nitrogens with one attached hydrogen (secondary N) is 1. The minimum atomic E-state index is -0.508. The zero-order chi connectivity index (χ0) is 19.6. The van der Waals surface area contributed by atoms with E-state index in [9.17, 15) is 9.59 Å². The fourth-order valence-electron chi connectivity index (χ4n) is 2.32. The lowest BCUT2D eigenvalue weighted by molar-refractivity contribution is -0.142. The van der Waals surface area contributed by atoms with Crippen molar-refractivity contribution in [1.82, 2.24) is 5.32 Å². The summed E-state index contributed by atoms with van der Waals surface area (Å²) in [7, 11) is 4.60. The first kappa shape index (κ1) is 20.1. The number of carbonyl (C=O) groups excluding carboxylic acids is 2. The van der Waals surface area contributed by atoms with Crippen LogP contribution in [0.5, 0.6) is 17.2 Å². The molecule has 7 nitrogen and oxygen atoms in total. The molecule has 1 amide bonds. The third-order valence-corrected chi connectivity index (χ3v) is 3.82. The molecule has 0 aliphatic carbocycles. The number of carbonyl (C=O) groups is 2. The van der Waals surface area contributed by atoms with Gasteiger partial charge in [-0.15, -0.1) is 0 Å². The highest BCUT2D eigenvalue weighted by molar-refractivity contribution is 5.96. The van der Waals surface area contributed by atoms with E-state index < -0.39 is 11.9 Å². The monoisotopic (exact) mass is 373 g/mol. The van der Waals surface area contributed by atoms with E-state index in [1.165, 1.54) is 14.2 Å². The van der Waals surface area contributed by atoms with Crippen LogP contribution in [0.3, 0.4) is 0 Å². The lowest BCUT2D eigenvalue weighted by atomic mass is 10.1. The second-order valence-electron chi connectivity index (χ2n) is 5.60. The van der Waals surface area contributed by atoms with E-state index in [0.717, 1.165) is 11.3 Å². The molecule has 0 unspecified atom stereocenters. The van der Waals surface area contributed by atoms with Gasteiger partial charge in [0.1, 0.15) is 23.8 Å². The van der Waals surface area contributed by atoms with Crippen molar-refractivity contribution in [1.29, 1.82) is 0 Å². The van der Waals surface area contributed by atoms with E-state index in [4.69, 9.17) is 18.9 Å². The molecule has 2 aromatic rings. The van der Waals surface area contributed by atoms with Crippen molar-refractivity contribution < 1.29 is 28.5 Å². The molecule has 2 aromatic carbocycles. The van der Waals surface area contributed by atoms with Crippen LogP contribution < -0.4 is 19.5 Å². The average molecular weight is 373 g/mol. The van der Waals surface area contributed by atoms with Crippen LogP contribution in [0.15, 0.2) is 42.5 Å². The molecule has 0 saturated heterocycles. The number of benzene rings is 2. The first-order chi connectivity index (χ1) is 13.0. The number of esters is 1. The maximum atomic E-state index is 12.2. The highest BCUT2D eigenvalue weighted by Gasteiger charge is 2.12. The van der Waals surface area contributed by atoms with Gasteiger partial charge in [0.2, 0.25) is 0 Å². The highest BCUT2D eigenvalue weighted by atomic mass is 16.5. The predicted octanol–water partition coefficient (Wildman–Crippen LogP) is 2.23. The number of rotatable bonds is 9. The zero-order valence-electron chi connectivity index (χ0n) is 15.6. The van der Waals surface area contributed by atoms with Crippen molar-refractivity contribution in [3.63, 3.8) is 0 Å². The normalized spacial score (nSPS) is 10.0. The third-order valence-electron chi connectivity index (χ3n) is 3.82. The van der Waals surface area contributed by atoms with E-state index in [0.29, 0.717) is 23.5 Å². The SMILES string of the molecule is COc1ccc(CCOC(=O)CNC(=O)c2cc(OC)cc(OC)c2)cc1. The van der Waals surface area contributed by atoms with E-state index in [2.05, 4.69) is 5.32 Å². The first-order valence-electron chi connectivity index (χ1n) is 8.35. The Bertz CT molecular complexity index is 750. The van der Waals surface area contributed by atoms with Crippen molar-refractivity contribution in [2.45, 2.75) is 6.42 Å². The van der Waals surface area contributed by atoms with E-state index in [1.807, 2.05) is 24.3 Å². The van der Waals surface area contributed by atoms with Crippen LogP contribution in [0.25, 0.3) is 0 Å². The quantitative estimate of drug-likeness (QED) is 0.679. The summed E-state index contributed by atoms with van der Waals surface area (Å²) < 4.78 is 20.5. The molecule has 0 spiro atoms. The fourth-order valence-corrected chi connectivity index (χ4v) is 2.32. The summed E-state index contributed by atoms with van der Waals surface area (Å²) in [5.41, 5.74) is 1.35. The minimum absolute atomic E-state index is 0.221. The van der Waals surface area contributed by atoms with Crippen LogP contribution in [-0.4, -0.2) is 46.4 Å². The summed E-state index contributed by atoms with van der Waals surface area (Å²) in [5.74, 6) is 0.821. The largest absolute Gasteiger partial charge is 0.497 e. The number of amides is 1. The standard InChI is InChI=1S/C20H23NO6/c1-24-16-6-4-14(5-7-16)8-9-27-19(22)13-21-20(23)15-10-17(25-2)12-18(11-15)26-3/h4-7,10-12H,8-9,13H2,1-3H3,(H,21,23). The topological polar surface area (TPSA) is 83.1 Å². The van der Waals surface area contributed by atoms with Crippen LogP contribution in [0.2, 0.25) is 0 Å². The Hall–Kier alpha value is -3.22. The van der Waals surface area contributed by atoms with Crippen LogP contribution in [-0.2, 0) is 16.0 Å². The van der Waals surface area contributed by atoms with Crippen LogP contribution in [0.4, 0.5) is 0 Å². The molecule has 1 N–H and O–H groups in total. The Morgan fingerprint density at radius 3 is 2.00 bits per heavy atom. The van der Waals surface area contributed by atoms with Crippen LogP contribution >= 0.6 is 0 Å². The van der Waals surface area contributed by atoms with Crippen molar-refractivity contribution >= 4 is 11.9 Å². The van der Waals surface area contributed by atoms with E-state index in [-0.39, 0.29) is 13.2 Å². The number of hydrogen-bond donors (Lipinski definition) is 1. The van der Waals surface area contributed by atoms with Crippen molar-refractivity contribution in [2.75, 3.05) is 34.5 Å². The summed E-state index contributed by atoms with van der Waals surface area (Å²) in [6.45, 7) is 0.00892. The van der Waals surface area contributed by atoms with Gasteiger partial charge in [-0.2, -0.15) is 0 Å². The summed E-state index contributed by atoms with van der Waals surface area (Å²) >= 11 is 0. The van der Waals surface area contributed by atoms with Gasteiger partial charge >= 0.3 is 5.97 Å². The van der Waals surface area contributed by atoms with Crippen LogP contribution in [0, 0.1) is 0 Å². The molecule has 0 aliphatic rings. The van der Waals surface area contributed by atoms with Gasteiger partial charge in [0.25, 0.3) is 5.91 Å². The Labute approximate surface area is 158 Å². The van der Waals surface area contributed by atoms with Gasteiger partial charge in [0.15, 0.2) is 0 Å². The smallest absolute Gasteiger partial charge is 0.325 e. The van der Waals surface area contributed by atoms with Crippen molar-refractivity contribution in [2.24, 2.45) is 0 Å². The second-order valence-corrected chi connectivity index (χ2v) is 5.60. The molecule has 27 heavy (non-hydrogen) atoms. The average Bonchev–Trinajstić information content (AvgIpc) is 2.72. The Balaban J connectivity index is 1.78. The molecular weight excluding hydrogens is 350 g/mol. The summed E-state index contributed by atoms with van der Waals surface area (Å²) in [5, 5.41) is 2.52. The molecule has 0 aliphatic heterocycles. The fraction of sp³-hybridized carbons (Fsp3) is 0.300. The van der Waals surface area contributed by atoms with Crippen LogP contribution in [0.1, 0.15) is 15.9 Å². The highest BCUT2D eigenvalue weighted by Crippen LogP contribution is 2.22. The maximum Gasteiger partial charge on any atom is 0.325 e. The zero-order valence-corrected chi connectivity index (χ0v) is 15.6. The Kier molecular flexibility index (Phi) is 7.49. The van der Waals surface area contributed by atoms with Gasteiger partial charge in [0.05, 0.1) is 27.9 Å². The summed E-state index contributed by atoms with van der Waals surface area (Å²) in [6.07, 6.45) is 0.580. The molecule has 0 radical (unpaired) electrons. The van der Waals surface area contributed by atoms with E-state index in [1.54, 1.807) is 25.3 Å². The number of hydrogen-bond acceptors (Lipinski definition) is 6. The summed E-state index contributed by atoms with van der Waals surface area (Å²) in [4.78, 5) is 24.0. The number of methoxy groups -OCH3 is 3. The van der Waals surface area contributed by atoms with E-state index >= 15 is 0 Å².